The van der Waals surface area contributed by atoms with Gasteiger partial charge in [0.15, 0.2) is 5.16 Å². The average molecular weight is 499 g/mol. The van der Waals surface area contributed by atoms with Gasteiger partial charge in [-0.25, -0.2) is 14.2 Å². The smallest absolute Gasteiger partial charge is 0.335 e. The quantitative estimate of drug-likeness (QED) is 0.287. The minimum Gasteiger partial charge on any atom is -0.478 e. The maximum absolute atomic E-state index is 14.3. The summed E-state index contributed by atoms with van der Waals surface area (Å²) in [4.78, 5) is 29.1. The van der Waals surface area contributed by atoms with E-state index in [1.165, 1.54) is 36.0 Å². The third-order valence-electron chi connectivity index (χ3n) is 4.72. The van der Waals surface area contributed by atoms with E-state index in [0.29, 0.717) is 32.6 Å². The van der Waals surface area contributed by atoms with Crippen LogP contribution in [0.25, 0.3) is 10.9 Å². The van der Waals surface area contributed by atoms with Gasteiger partial charge in [0.25, 0.3) is 5.56 Å². The van der Waals surface area contributed by atoms with E-state index in [2.05, 4.69) is 20.9 Å². The number of carboxylic acids is 1. The van der Waals surface area contributed by atoms with Crippen LogP contribution in [0.1, 0.15) is 21.5 Å². The topological polar surface area (TPSA) is 72.2 Å². The molecule has 0 bridgehead atoms. The first-order valence-corrected chi connectivity index (χ1v) is 11.1. The Morgan fingerprint density at radius 1 is 1.10 bits per heavy atom. The summed E-state index contributed by atoms with van der Waals surface area (Å²) in [7, 11) is 0. The molecule has 156 valence electrons. The first kappa shape index (κ1) is 21.3. The van der Waals surface area contributed by atoms with Crippen LogP contribution in [0.5, 0.6) is 0 Å². The molecule has 0 aliphatic rings. The zero-order valence-electron chi connectivity index (χ0n) is 16.1. The lowest BCUT2D eigenvalue weighted by atomic mass is 10.1. The Bertz CT molecular complexity index is 1340. The van der Waals surface area contributed by atoms with E-state index < -0.39 is 5.97 Å². The van der Waals surface area contributed by atoms with Gasteiger partial charge in [-0.05, 0) is 41.5 Å². The monoisotopic (exact) mass is 498 g/mol. The Kier molecular flexibility index (Phi) is 6.20. The molecular weight excluding hydrogens is 483 g/mol. The number of halogens is 2. The van der Waals surface area contributed by atoms with Crippen molar-refractivity contribution in [2.45, 2.75) is 17.5 Å². The molecule has 31 heavy (non-hydrogen) atoms. The molecule has 1 heterocycles. The van der Waals surface area contributed by atoms with Gasteiger partial charge in [-0.15, -0.1) is 0 Å². The lowest BCUT2D eigenvalue weighted by molar-refractivity contribution is 0.0697. The summed E-state index contributed by atoms with van der Waals surface area (Å²) in [5.74, 6) is -1.18. The number of fused-ring (bicyclic) bond motifs is 1. The van der Waals surface area contributed by atoms with Crippen molar-refractivity contribution < 1.29 is 14.3 Å². The summed E-state index contributed by atoms with van der Waals surface area (Å²) >= 11 is 4.48. The molecule has 0 fully saturated rings. The van der Waals surface area contributed by atoms with Crippen LogP contribution in [0.15, 0.2) is 81.2 Å². The number of nitrogens with zero attached hydrogens (tertiary/aromatic N) is 2. The SMILES string of the molecule is O=C(O)c1ccc2c(=O)n(Cc3ccccc3)c(SCc3ccc(Br)cc3F)nc2c1. The molecule has 0 amide bonds. The molecule has 5 nitrogen and oxygen atoms in total. The van der Waals surface area contributed by atoms with Crippen LogP contribution >= 0.6 is 27.7 Å². The zero-order valence-corrected chi connectivity index (χ0v) is 18.5. The van der Waals surface area contributed by atoms with Gasteiger partial charge in [-0.2, -0.15) is 0 Å². The fourth-order valence-electron chi connectivity index (χ4n) is 3.13. The minimum absolute atomic E-state index is 0.0510. The van der Waals surface area contributed by atoms with Crippen LogP contribution in [-0.2, 0) is 12.3 Å². The Morgan fingerprint density at radius 2 is 1.87 bits per heavy atom. The summed E-state index contributed by atoms with van der Waals surface area (Å²) in [6.07, 6.45) is 0. The molecule has 0 saturated heterocycles. The number of thioether (sulfide) groups is 1. The van der Waals surface area contributed by atoms with Gasteiger partial charge in [0.2, 0.25) is 0 Å². The lowest BCUT2D eigenvalue weighted by Gasteiger charge is -2.14. The van der Waals surface area contributed by atoms with Gasteiger partial charge in [-0.1, -0.05) is 64.1 Å². The van der Waals surface area contributed by atoms with Crippen LogP contribution in [0, 0.1) is 5.82 Å². The number of hydrogen-bond donors (Lipinski definition) is 1. The van der Waals surface area contributed by atoms with E-state index in [9.17, 15) is 19.1 Å². The minimum atomic E-state index is -1.09. The van der Waals surface area contributed by atoms with Crippen LogP contribution in [0.3, 0.4) is 0 Å². The predicted octanol–water partition coefficient (Wildman–Crippen LogP) is 5.34. The molecule has 0 unspecified atom stereocenters. The molecule has 0 spiro atoms. The van der Waals surface area contributed by atoms with E-state index in [1.54, 1.807) is 16.7 Å². The van der Waals surface area contributed by atoms with Gasteiger partial charge >= 0.3 is 5.97 Å². The normalized spacial score (nSPS) is 11.0. The molecule has 8 heteroatoms. The molecular formula is C23H16BrFN2O3S. The second-order valence-corrected chi connectivity index (χ2v) is 8.69. The summed E-state index contributed by atoms with van der Waals surface area (Å²) in [6.45, 7) is 0.300. The van der Waals surface area contributed by atoms with Crippen LogP contribution < -0.4 is 5.56 Å². The summed E-state index contributed by atoms with van der Waals surface area (Å²) in [6, 6.07) is 18.6. The molecule has 1 aromatic heterocycles. The van der Waals surface area contributed by atoms with Gasteiger partial charge in [0.05, 0.1) is 23.0 Å². The Hall–Kier alpha value is -2.97. The molecule has 0 radical (unpaired) electrons. The summed E-state index contributed by atoms with van der Waals surface area (Å²) in [5, 5.41) is 10.0. The molecule has 0 atom stereocenters. The fourth-order valence-corrected chi connectivity index (χ4v) is 4.45. The number of carbonyl (C=O) groups is 1. The van der Waals surface area contributed by atoms with Crippen molar-refractivity contribution in [3.63, 3.8) is 0 Å². The van der Waals surface area contributed by atoms with Crippen molar-refractivity contribution in [3.8, 4) is 0 Å². The Labute approximate surface area is 189 Å². The maximum atomic E-state index is 14.3. The van der Waals surface area contributed by atoms with Crippen LogP contribution in [0.4, 0.5) is 4.39 Å². The highest BCUT2D eigenvalue weighted by Crippen LogP contribution is 2.26. The zero-order chi connectivity index (χ0) is 22.0. The molecule has 4 rings (SSSR count). The Balaban J connectivity index is 1.79. The fraction of sp³-hybridized carbons (Fsp3) is 0.0870. The van der Waals surface area contributed by atoms with Crippen molar-refractivity contribution in [1.29, 1.82) is 0 Å². The van der Waals surface area contributed by atoms with Crippen molar-refractivity contribution in [1.82, 2.24) is 9.55 Å². The maximum Gasteiger partial charge on any atom is 0.335 e. The number of aromatic nitrogens is 2. The molecule has 0 aliphatic heterocycles. The summed E-state index contributed by atoms with van der Waals surface area (Å²) < 4.78 is 16.5. The number of carboxylic acid groups (broad SMARTS) is 1. The molecule has 4 aromatic rings. The molecule has 1 N–H and O–H groups in total. The average Bonchev–Trinajstić information content (AvgIpc) is 2.76. The second-order valence-electron chi connectivity index (χ2n) is 6.83. The highest BCUT2D eigenvalue weighted by molar-refractivity contribution is 9.10. The highest BCUT2D eigenvalue weighted by atomic mass is 79.9. The number of benzene rings is 3. The van der Waals surface area contributed by atoms with E-state index in [1.807, 2.05) is 30.3 Å². The lowest BCUT2D eigenvalue weighted by Crippen LogP contribution is -2.24. The molecule has 0 aliphatic carbocycles. The third-order valence-corrected chi connectivity index (χ3v) is 6.24. The predicted molar refractivity (Wildman–Crippen MR) is 122 cm³/mol. The van der Waals surface area contributed by atoms with Crippen molar-refractivity contribution in [3.05, 3.63) is 104 Å². The van der Waals surface area contributed by atoms with E-state index in [4.69, 9.17) is 0 Å². The Morgan fingerprint density at radius 3 is 2.58 bits per heavy atom. The molecule has 0 saturated carbocycles. The molecule has 3 aromatic carbocycles. The number of aromatic carboxylic acids is 1. The van der Waals surface area contributed by atoms with E-state index in [-0.39, 0.29) is 22.7 Å². The summed E-state index contributed by atoms with van der Waals surface area (Å²) in [5.41, 5.74) is 1.48. The largest absolute Gasteiger partial charge is 0.478 e. The van der Waals surface area contributed by atoms with Crippen LogP contribution in [0.2, 0.25) is 0 Å². The standard InChI is InChI=1S/C23H16BrFN2O3S/c24-17-8-6-16(19(25)11-17)13-31-23-26-20-10-15(22(29)30)7-9-18(20)21(28)27(23)12-14-4-2-1-3-5-14/h1-11H,12-13H2,(H,29,30). The van der Waals surface area contributed by atoms with Gasteiger partial charge in [0.1, 0.15) is 5.82 Å². The van der Waals surface area contributed by atoms with Gasteiger partial charge in [0, 0.05) is 10.2 Å². The highest BCUT2D eigenvalue weighted by Gasteiger charge is 2.15. The van der Waals surface area contributed by atoms with Crippen molar-refractivity contribution in [2.24, 2.45) is 0 Å². The van der Waals surface area contributed by atoms with E-state index in [0.717, 1.165) is 5.56 Å². The second kappa shape index (κ2) is 9.03. The number of hydrogen-bond acceptors (Lipinski definition) is 4. The van der Waals surface area contributed by atoms with Crippen molar-refractivity contribution >= 4 is 44.6 Å². The first-order chi connectivity index (χ1) is 14.9. The van der Waals surface area contributed by atoms with Crippen molar-refractivity contribution in [2.75, 3.05) is 0 Å². The first-order valence-electron chi connectivity index (χ1n) is 9.31. The van der Waals surface area contributed by atoms with Gasteiger partial charge < -0.3 is 5.11 Å². The van der Waals surface area contributed by atoms with E-state index >= 15 is 0 Å². The number of rotatable bonds is 6. The van der Waals surface area contributed by atoms with Crippen LogP contribution in [-0.4, -0.2) is 20.6 Å². The third kappa shape index (κ3) is 4.70. The van der Waals surface area contributed by atoms with Gasteiger partial charge in [-0.3, -0.25) is 9.36 Å².